The molecule has 3 aliphatic rings. The van der Waals surface area contributed by atoms with Crippen molar-refractivity contribution in [3.8, 4) is 0 Å². The van der Waals surface area contributed by atoms with Crippen molar-refractivity contribution in [3.63, 3.8) is 0 Å². The van der Waals surface area contributed by atoms with Gasteiger partial charge in [0.15, 0.2) is 0 Å². The minimum absolute atomic E-state index is 0.394. The van der Waals surface area contributed by atoms with Gasteiger partial charge in [0.2, 0.25) is 5.91 Å². The molecule has 0 aromatic carbocycles. The fraction of sp³-hybridized carbons (Fsp3) is 0.941. The average Bonchev–Trinajstić information content (AvgIpc) is 3.32. The van der Waals surface area contributed by atoms with Gasteiger partial charge < -0.3 is 10.2 Å². The van der Waals surface area contributed by atoms with Gasteiger partial charge in [-0.15, -0.1) is 0 Å². The van der Waals surface area contributed by atoms with Crippen LogP contribution in [0.5, 0.6) is 0 Å². The van der Waals surface area contributed by atoms with Gasteiger partial charge in [0.25, 0.3) is 0 Å². The van der Waals surface area contributed by atoms with Gasteiger partial charge in [0.05, 0.1) is 0 Å². The van der Waals surface area contributed by atoms with E-state index in [0.717, 1.165) is 44.7 Å². The highest BCUT2D eigenvalue weighted by molar-refractivity contribution is 5.81. The lowest BCUT2D eigenvalue weighted by atomic mass is 9.98. The van der Waals surface area contributed by atoms with Gasteiger partial charge in [-0.2, -0.15) is 0 Å². The van der Waals surface area contributed by atoms with E-state index in [1.54, 1.807) is 0 Å². The molecule has 0 aromatic rings. The van der Waals surface area contributed by atoms with Crippen LogP contribution in [0.3, 0.4) is 0 Å². The first kappa shape index (κ1) is 14.4. The van der Waals surface area contributed by atoms with Crippen LogP contribution >= 0.6 is 0 Å². The van der Waals surface area contributed by atoms with Gasteiger partial charge in [-0.05, 0) is 51.0 Å². The van der Waals surface area contributed by atoms with Crippen LogP contribution in [0, 0.1) is 11.8 Å². The molecular formula is C17H30N2O. The number of carbonyl (C=O) groups excluding carboxylic acids is 1. The van der Waals surface area contributed by atoms with Crippen LogP contribution < -0.4 is 5.32 Å². The van der Waals surface area contributed by atoms with E-state index in [1.807, 2.05) is 0 Å². The Labute approximate surface area is 123 Å². The lowest BCUT2D eigenvalue weighted by Gasteiger charge is -2.33. The van der Waals surface area contributed by atoms with E-state index < -0.39 is 0 Å². The summed E-state index contributed by atoms with van der Waals surface area (Å²) in [7, 11) is 0. The molecule has 1 heterocycles. The number of piperidine rings is 1. The maximum Gasteiger partial charge on any atom is 0.225 e. The van der Waals surface area contributed by atoms with E-state index in [1.165, 1.54) is 45.1 Å². The summed E-state index contributed by atoms with van der Waals surface area (Å²) in [6.07, 6.45) is 13.2. The predicted molar refractivity (Wildman–Crippen MR) is 81.5 cm³/mol. The molecule has 0 atom stereocenters. The molecular weight excluding hydrogens is 248 g/mol. The molecule has 3 heteroatoms. The maximum atomic E-state index is 12.0. The van der Waals surface area contributed by atoms with E-state index in [2.05, 4.69) is 10.2 Å². The van der Waals surface area contributed by atoms with Crippen molar-refractivity contribution < 1.29 is 4.79 Å². The molecule has 2 aliphatic carbocycles. The van der Waals surface area contributed by atoms with Gasteiger partial charge in [-0.3, -0.25) is 4.79 Å². The van der Waals surface area contributed by atoms with Crippen LogP contribution in [-0.4, -0.2) is 36.5 Å². The number of amides is 1. The van der Waals surface area contributed by atoms with Crippen LogP contribution in [0.1, 0.15) is 64.2 Å². The number of likely N-dealkylation sites (tertiary alicyclic amines) is 1. The van der Waals surface area contributed by atoms with Crippen molar-refractivity contribution in [2.45, 2.75) is 70.3 Å². The molecule has 114 valence electrons. The second-order valence-corrected chi connectivity index (χ2v) is 7.14. The SMILES string of the molecule is O=C(C1CC1)N1CCC(NCC2CCCCCC2)CC1. The average molecular weight is 278 g/mol. The van der Waals surface area contributed by atoms with Crippen LogP contribution in [0.2, 0.25) is 0 Å². The number of nitrogens with one attached hydrogen (secondary N) is 1. The zero-order chi connectivity index (χ0) is 13.8. The third-order valence-electron chi connectivity index (χ3n) is 5.40. The molecule has 0 unspecified atom stereocenters. The van der Waals surface area contributed by atoms with E-state index in [-0.39, 0.29) is 0 Å². The summed E-state index contributed by atoms with van der Waals surface area (Å²) in [4.78, 5) is 14.1. The van der Waals surface area contributed by atoms with E-state index in [9.17, 15) is 4.79 Å². The topological polar surface area (TPSA) is 32.3 Å². The molecule has 1 aliphatic heterocycles. The van der Waals surface area contributed by atoms with Crippen LogP contribution in [0.25, 0.3) is 0 Å². The Morgan fingerprint density at radius 1 is 0.900 bits per heavy atom. The number of nitrogens with zero attached hydrogens (tertiary/aromatic N) is 1. The molecule has 20 heavy (non-hydrogen) atoms. The molecule has 1 amide bonds. The summed E-state index contributed by atoms with van der Waals surface area (Å²) in [6.45, 7) is 3.18. The summed E-state index contributed by atoms with van der Waals surface area (Å²) in [5.74, 6) is 1.74. The number of hydrogen-bond donors (Lipinski definition) is 1. The van der Waals surface area contributed by atoms with Crippen LogP contribution in [0.15, 0.2) is 0 Å². The molecule has 1 saturated heterocycles. The summed E-state index contributed by atoms with van der Waals surface area (Å²) in [5, 5.41) is 3.79. The van der Waals surface area contributed by atoms with Gasteiger partial charge in [-0.25, -0.2) is 0 Å². The second-order valence-electron chi connectivity index (χ2n) is 7.14. The molecule has 0 aromatic heterocycles. The lowest BCUT2D eigenvalue weighted by molar-refractivity contribution is -0.133. The van der Waals surface area contributed by atoms with Crippen molar-refractivity contribution in [1.29, 1.82) is 0 Å². The third kappa shape index (κ3) is 3.97. The first-order chi connectivity index (χ1) is 9.83. The Kier molecular flexibility index (Phi) is 4.98. The highest BCUT2D eigenvalue weighted by Gasteiger charge is 2.34. The van der Waals surface area contributed by atoms with Gasteiger partial charge >= 0.3 is 0 Å². The predicted octanol–water partition coefficient (Wildman–Crippen LogP) is 2.95. The van der Waals surface area contributed by atoms with Crippen molar-refractivity contribution in [2.24, 2.45) is 11.8 Å². The maximum absolute atomic E-state index is 12.0. The molecule has 0 spiro atoms. The fourth-order valence-electron chi connectivity index (χ4n) is 3.79. The zero-order valence-corrected chi connectivity index (χ0v) is 12.8. The molecule has 3 fully saturated rings. The Morgan fingerprint density at radius 2 is 1.55 bits per heavy atom. The third-order valence-corrected chi connectivity index (χ3v) is 5.40. The molecule has 3 nitrogen and oxygen atoms in total. The van der Waals surface area contributed by atoms with Gasteiger partial charge in [0.1, 0.15) is 0 Å². The highest BCUT2D eigenvalue weighted by atomic mass is 16.2. The molecule has 0 bridgehead atoms. The van der Waals surface area contributed by atoms with Gasteiger partial charge in [0, 0.05) is 25.0 Å². The first-order valence-electron chi connectivity index (χ1n) is 8.85. The monoisotopic (exact) mass is 278 g/mol. The number of rotatable bonds is 4. The lowest BCUT2D eigenvalue weighted by Crippen LogP contribution is -2.46. The highest BCUT2D eigenvalue weighted by Crippen LogP contribution is 2.32. The minimum Gasteiger partial charge on any atom is -0.342 e. The molecule has 3 rings (SSSR count). The second kappa shape index (κ2) is 6.93. The summed E-state index contributed by atoms with van der Waals surface area (Å²) in [5.41, 5.74) is 0. The molecule has 1 N–H and O–H groups in total. The zero-order valence-electron chi connectivity index (χ0n) is 12.8. The Balaban J connectivity index is 1.34. The summed E-state index contributed by atoms with van der Waals surface area (Å²) < 4.78 is 0. The normalized spacial score (nSPS) is 26.5. The van der Waals surface area contributed by atoms with Crippen molar-refractivity contribution >= 4 is 5.91 Å². The van der Waals surface area contributed by atoms with Crippen molar-refractivity contribution in [1.82, 2.24) is 10.2 Å². The Morgan fingerprint density at radius 3 is 2.15 bits per heavy atom. The standard InChI is InChI=1S/C17H30N2O/c20-17(15-7-8-15)19-11-9-16(10-12-19)18-13-14-5-3-1-2-4-6-14/h14-16,18H,1-13H2. The molecule has 2 saturated carbocycles. The van der Waals surface area contributed by atoms with Crippen LogP contribution in [0.4, 0.5) is 0 Å². The van der Waals surface area contributed by atoms with Crippen molar-refractivity contribution in [2.75, 3.05) is 19.6 Å². The molecule has 0 radical (unpaired) electrons. The van der Waals surface area contributed by atoms with E-state index >= 15 is 0 Å². The quantitative estimate of drug-likeness (QED) is 0.802. The first-order valence-corrected chi connectivity index (χ1v) is 8.85. The van der Waals surface area contributed by atoms with E-state index in [0.29, 0.717) is 17.9 Å². The Bertz CT molecular complexity index is 311. The van der Waals surface area contributed by atoms with E-state index in [4.69, 9.17) is 0 Å². The largest absolute Gasteiger partial charge is 0.342 e. The summed E-state index contributed by atoms with van der Waals surface area (Å²) in [6, 6.07) is 0.654. The minimum atomic E-state index is 0.394. The van der Waals surface area contributed by atoms with Crippen LogP contribution in [-0.2, 0) is 4.79 Å². The van der Waals surface area contributed by atoms with Gasteiger partial charge in [-0.1, -0.05) is 25.7 Å². The number of carbonyl (C=O) groups is 1. The number of hydrogen-bond acceptors (Lipinski definition) is 2. The Hall–Kier alpha value is -0.570. The summed E-state index contributed by atoms with van der Waals surface area (Å²) >= 11 is 0. The fourth-order valence-corrected chi connectivity index (χ4v) is 3.79. The van der Waals surface area contributed by atoms with Crippen molar-refractivity contribution in [3.05, 3.63) is 0 Å². The smallest absolute Gasteiger partial charge is 0.225 e.